The molecule has 0 aliphatic rings. The molecule has 2 amide bonds. The predicted molar refractivity (Wildman–Crippen MR) is 103 cm³/mol. The minimum atomic E-state index is -1.31. The predicted octanol–water partition coefficient (Wildman–Crippen LogP) is 4.09. The lowest BCUT2D eigenvalue weighted by Gasteiger charge is -2.24. The van der Waals surface area contributed by atoms with Crippen molar-refractivity contribution in [1.82, 2.24) is 0 Å². The van der Waals surface area contributed by atoms with E-state index in [-0.39, 0.29) is 0 Å². The summed E-state index contributed by atoms with van der Waals surface area (Å²) in [5.41, 5.74) is 3.16. The van der Waals surface area contributed by atoms with Gasteiger partial charge in [-0.2, -0.15) is 5.26 Å². The van der Waals surface area contributed by atoms with Gasteiger partial charge in [0, 0.05) is 5.69 Å². The maximum absolute atomic E-state index is 12.8. The first kappa shape index (κ1) is 19.2. The van der Waals surface area contributed by atoms with Crippen molar-refractivity contribution < 1.29 is 9.59 Å². The van der Waals surface area contributed by atoms with Crippen LogP contribution in [0, 0.1) is 37.5 Å². The fourth-order valence-electron chi connectivity index (χ4n) is 2.72. The van der Waals surface area contributed by atoms with E-state index in [4.69, 9.17) is 5.26 Å². The Labute approximate surface area is 154 Å². The largest absolute Gasteiger partial charge is 0.325 e. The van der Waals surface area contributed by atoms with Crippen molar-refractivity contribution in [2.75, 3.05) is 10.6 Å². The molecule has 5 nitrogen and oxygen atoms in total. The average molecular weight is 349 g/mol. The number of nitrogens with one attached hydrogen (secondary N) is 2. The number of nitrogens with zero attached hydrogens (tertiary/aromatic N) is 1. The summed E-state index contributed by atoms with van der Waals surface area (Å²) in [6, 6.07) is 12.7. The quantitative estimate of drug-likeness (QED) is 0.816. The monoisotopic (exact) mass is 349 g/mol. The van der Waals surface area contributed by atoms with Gasteiger partial charge in [-0.15, -0.1) is 0 Å². The Balaban J connectivity index is 2.22. The van der Waals surface area contributed by atoms with E-state index in [0.717, 1.165) is 22.4 Å². The Morgan fingerprint density at radius 3 is 2.08 bits per heavy atom. The molecule has 0 atom stereocenters. The second kappa shape index (κ2) is 7.40. The van der Waals surface area contributed by atoms with Crippen LogP contribution in [0.25, 0.3) is 0 Å². The topological polar surface area (TPSA) is 82.0 Å². The summed E-state index contributed by atoms with van der Waals surface area (Å²) in [4.78, 5) is 25.4. The van der Waals surface area contributed by atoms with E-state index < -0.39 is 17.2 Å². The molecule has 0 saturated heterocycles. The van der Waals surface area contributed by atoms with E-state index in [1.54, 1.807) is 38.1 Å². The number of carbonyl (C=O) groups excluding carboxylic acids is 2. The minimum Gasteiger partial charge on any atom is -0.325 e. The zero-order chi connectivity index (χ0) is 19.5. The Hall–Kier alpha value is -3.13. The summed E-state index contributed by atoms with van der Waals surface area (Å²) in [5.74, 6) is -0.875. The number of hydrogen-bond acceptors (Lipinski definition) is 3. The maximum Gasteiger partial charge on any atom is 0.239 e. The summed E-state index contributed by atoms with van der Waals surface area (Å²) < 4.78 is 0. The van der Waals surface area contributed by atoms with Crippen LogP contribution in [0.4, 0.5) is 11.4 Å². The third-order valence-corrected chi connectivity index (χ3v) is 4.35. The van der Waals surface area contributed by atoms with Gasteiger partial charge in [0.2, 0.25) is 11.8 Å². The van der Waals surface area contributed by atoms with Gasteiger partial charge in [0.05, 0.1) is 11.3 Å². The van der Waals surface area contributed by atoms with E-state index in [2.05, 4.69) is 10.6 Å². The Morgan fingerprint density at radius 1 is 0.962 bits per heavy atom. The van der Waals surface area contributed by atoms with Crippen LogP contribution in [0.1, 0.15) is 36.1 Å². The summed E-state index contributed by atoms with van der Waals surface area (Å²) in [6.45, 7) is 8.96. The molecule has 0 aliphatic carbocycles. The van der Waals surface area contributed by atoms with Crippen LogP contribution in [-0.2, 0) is 9.59 Å². The first-order chi connectivity index (χ1) is 12.2. The average Bonchev–Trinajstić information content (AvgIpc) is 2.58. The third kappa shape index (κ3) is 3.92. The van der Waals surface area contributed by atoms with E-state index in [9.17, 15) is 9.59 Å². The van der Waals surface area contributed by atoms with Crippen molar-refractivity contribution >= 4 is 23.2 Å². The SMILES string of the molecule is Cc1cc(C)c(NC(=O)C(C)(C)C(=O)Nc2ccccc2C#N)c(C)c1. The van der Waals surface area contributed by atoms with Crippen molar-refractivity contribution in [3.05, 3.63) is 58.7 Å². The molecule has 0 spiro atoms. The highest BCUT2D eigenvalue weighted by atomic mass is 16.2. The van der Waals surface area contributed by atoms with Crippen LogP contribution < -0.4 is 10.6 Å². The number of anilines is 2. The molecule has 2 aromatic rings. The lowest BCUT2D eigenvalue weighted by atomic mass is 9.90. The van der Waals surface area contributed by atoms with Gasteiger partial charge in [-0.25, -0.2) is 0 Å². The van der Waals surface area contributed by atoms with Gasteiger partial charge >= 0.3 is 0 Å². The Bertz CT molecular complexity index is 885. The van der Waals surface area contributed by atoms with Gasteiger partial charge in [0.1, 0.15) is 11.5 Å². The van der Waals surface area contributed by atoms with Gasteiger partial charge in [-0.1, -0.05) is 29.8 Å². The zero-order valence-electron chi connectivity index (χ0n) is 15.7. The molecule has 0 aliphatic heterocycles. The standard InChI is InChI=1S/C21H23N3O2/c1-13-10-14(2)18(15(3)11-13)24-20(26)21(4,5)19(25)23-17-9-7-6-8-16(17)12-22/h6-11H,1-5H3,(H,23,25)(H,24,26). The fraction of sp³-hybridized carbons (Fsp3) is 0.286. The second-order valence-electron chi connectivity index (χ2n) is 6.96. The van der Waals surface area contributed by atoms with Crippen molar-refractivity contribution in [3.8, 4) is 6.07 Å². The minimum absolute atomic E-state index is 0.349. The second-order valence-corrected chi connectivity index (χ2v) is 6.96. The number of nitriles is 1. The molecule has 0 bridgehead atoms. The number of aryl methyl sites for hydroxylation is 3. The highest BCUT2D eigenvalue weighted by Crippen LogP contribution is 2.26. The van der Waals surface area contributed by atoms with Crippen LogP contribution in [0.3, 0.4) is 0 Å². The molecule has 5 heteroatoms. The lowest BCUT2D eigenvalue weighted by Crippen LogP contribution is -2.42. The van der Waals surface area contributed by atoms with Gasteiger partial charge in [-0.3, -0.25) is 9.59 Å². The van der Waals surface area contributed by atoms with Gasteiger partial charge < -0.3 is 10.6 Å². The first-order valence-electron chi connectivity index (χ1n) is 8.36. The molecule has 0 radical (unpaired) electrons. The highest BCUT2D eigenvalue weighted by molar-refractivity contribution is 6.14. The summed E-state index contributed by atoms with van der Waals surface area (Å²) in [7, 11) is 0. The van der Waals surface area contributed by atoms with Crippen molar-refractivity contribution in [2.24, 2.45) is 5.41 Å². The molecule has 26 heavy (non-hydrogen) atoms. The number of carbonyl (C=O) groups is 2. The van der Waals surface area contributed by atoms with Gasteiger partial charge in [-0.05, 0) is 57.9 Å². The van der Waals surface area contributed by atoms with Crippen LogP contribution in [-0.4, -0.2) is 11.8 Å². The van der Waals surface area contributed by atoms with Crippen molar-refractivity contribution in [1.29, 1.82) is 5.26 Å². The van der Waals surface area contributed by atoms with Gasteiger partial charge in [0.25, 0.3) is 0 Å². The number of para-hydroxylation sites is 1. The normalized spacial score (nSPS) is 10.8. The Morgan fingerprint density at radius 2 is 1.50 bits per heavy atom. The van der Waals surface area contributed by atoms with E-state index in [1.807, 2.05) is 39.0 Å². The van der Waals surface area contributed by atoms with Crippen LogP contribution in [0.5, 0.6) is 0 Å². The smallest absolute Gasteiger partial charge is 0.239 e. The number of amides is 2. The molecular weight excluding hydrogens is 326 g/mol. The maximum atomic E-state index is 12.8. The van der Waals surface area contributed by atoms with Crippen LogP contribution >= 0.6 is 0 Å². The molecule has 0 aromatic heterocycles. The van der Waals surface area contributed by atoms with E-state index in [0.29, 0.717) is 11.3 Å². The molecular formula is C21H23N3O2. The van der Waals surface area contributed by atoms with Crippen molar-refractivity contribution in [3.63, 3.8) is 0 Å². The van der Waals surface area contributed by atoms with Crippen molar-refractivity contribution in [2.45, 2.75) is 34.6 Å². The van der Waals surface area contributed by atoms with Crippen LogP contribution in [0.15, 0.2) is 36.4 Å². The lowest BCUT2D eigenvalue weighted by molar-refractivity contribution is -0.135. The summed E-state index contributed by atoms with van der Waals surface area (Å²) in [6.07, 6.45) is 0. The molecule has 0 saturated carbocycles. The third-order valence-electron chi connectivity index (χ3n) is 4.35. The fourth-order valence-corrected chi connectivity index (χ4v) is 2.72. The summed E-state index contributed by atoms with van der Waals surface area (Å²) >= 11 is 0. The molecule has 0 unspecified atom stereocenters. The molecule has 2 aromatic carbocycles. The van der Waals surface area contributed by atoms with E-state index in [1.165, 1.54) is 0 Å². The number of rotatable bonds is 4. The van der Waals surface area contributed by atoms with Gasteiger partial charge in [0.15, 0.2) is 0 Å². The Kier molecular flexibility index (Phi) is 5.47. The first-order valence-corrected chi connectivity index (χ1v) is 8.36. The molecule has 2 rings (SSSR count). The molecule has 0 fully saturated rings. The van der Waals surface area contributed by atoms with E-state index >= 15 is 0 Å². The molecule has 2 N–H and O–H groups in total. The molecule has 134 valence electrons. The zero-order valence-corrected chi connectivity index (χ0v) is 15.7. The van der Waals surface area contributed by atoms with Crippen LogP contribution in [0.2, 0.25) is 0 Å². The molecule has 0 heterocycles. The summed E-state index contributed by atoms with van der Waals surface area (Å²) in [5, 5.41) is 14.7. The highest BCUT2D eigenvalue weighted by Gasteiger charge is 2.36. The number of hydrogen-bond donors (Lipinski definition) is 2. The number of benzene rings is 2.